The van der Waals surface area contributed by atoms with Crippen molar-refractivity contribution in [1.82, 2.24) is 15.8 Å². The van der Waals surface area contributed by atoms with E-state index in [1.54, 1.807) is 12.1 Å². The molecular weight excluding hydrogens is 340 g/mol. The maximum absolute atomic E-state index is 12.0. The van der Waals surface area contributed by atoms with Crippen LogP contribution in [-0.2, 0) is 6.54 Å². The lowest BCUT2D eigenvalue weighted by Crippen LogP contribution is -2.43. The second kappa shape index (κ2) is 9.05. The zero-order valence-corrected chi connectivity index (χ0v) is 15.3. The molecule has 0 bridgehead atoms. The second-order valence-corrected chi connectivity index (χ2v) is 5.90. The Morgan fingerprint density at radius 1 is 1.16 bits per heavy atom. The third-order valence-corrected chi connectivity index (χ3v) is 3.27. The van der Waals surface area contributed by atoms with E-state index < -0.39 is 5.91 Å². The molecular formula is C17H22N4O3S. The average molecular weight is 362 g/mol. The van der Waals surface area contributed by atoms with Crippen LogP contribution in [0.3, 0.4) is 0 Å². The molecule has 134 valence electrons. The quantitative estimate of drug-likeness (QED) is 0.538. The first-order valence-corrected chi connectivity index (χ1v) is 8.22. The van der Waals surface area contributed by atoms with E-state index in [4.69, 9.17) is 21.4 Å². The number of hydrogen-bond donors (Lipinski definition) is 3. The Morgan fingerprint density at radius 2 is 1.88 bits per heavy atom. The fraction of sp³-hybridized carbons (Fsp3) is 0.294. The van der Waals surface area contributed by atoms with Crippen molar-refractivity contribution < 1.29 is 13.9 Å². The van der Waals surface area contributed by atoms with Crippen LogP contribution in [0.4, 0.5) is 5.69 Å². The highest BCUT2D eigenvalue weighted by Crippen LogP contribution is 2.15. The van der Waals surface area contributed by atoms with E-state index >= 15 is 0 Å². The molecule has 25 heavy (non-hydrogen) atoms. The number of benzene rings is 1. The van der Waals surface area contributed by atoms with Crippen molar-refractivity contribution in [3.63, 3.8) is 0 Å². The maximum Gasteiger partial charge on any atom is 0.305 e. The molecule has 1 aromatic heterocycles. The first kappa shape index (κ1) is 18.8. The second-order valence-electron chi connectivity index (χ2n) is 5.49. The molecule has 1 heterocycles. The topological polar surface area (TPSA) is 78.8 Å². The van der Waals surface area contributed by atoms with Gasteiger partial charge in [-0.05, 0) is 69.6 Å². The highest BCUT2D eigenvalue weighted by molar-refractivity contribution is 7.80. The third kappa shape index (κ3) is 6.09. The van der Waals surface area contributed by atoms with Gasteiger partial charge in [0.15, 0.2) is 10.9 Å². The van der Waals surface area contributed by atoms with Gasteiger partial charge < -0.3 is 19.4 Å². The van der Waals surface area contributed by atoms with Crippen LogP contribution in [-0.4, -0.2) is 36.6 Å². The molecule has 0 saturated heterocycles. The SMILES string of the molecule is CCOc1ccc(NC(=S)NNC(=O)c2ccc(CN(C)C)o2)cc1. The highest BCUT2D eigenvalue weighted by Gasteiger charge is 2.11. The molecule has 3 N–H and O–H groups in total. The van der Waals surface area contributed by atoms with E-state index in [2.05, 4.69) is 16.2 Å². The molecule has 0 radical (unpaired) electrons. The molecule has 0 spiro atoms. The van der Waals surface area contributed by atoms with Crippen LogP contribution in [0.25, 0.3) is 0 Å². The van der Waals surface area contributed by atoms with Gasteiger partial charge in [-0.2, -0.15) is 0 Å². The summed E-state index contributed by atoms with van der Waals surface area (Å²) in [5.74, 6) is 1.31. The van der Waals surface area contributed by atoms with Crippen molar-refractivity contribution in [1.29, 1.82) is 0 Å². The van der Waals surface area contributed by atoms with Gasteiger partial charge >= 0.3 is 5.91 Å². The fourth-order valence-corrected chi connectivity index (χ4v) is 2.20. The standard InChI is InChI=1S/C17H22N4O3S/c1-4-23-13-7-5-12(6-8-13)18-17(25)20-19-16(22)15-10-9-14(24-15)11-21(2)3/h5-10H,4,11H2,1-3H3,(H,19,22)(H2,18,20,25). The molecule has 0 atom stereocenters. The summed E-state index contributed by atoms with van der Waals surface area (Å²) in [5.41, 5.74) is 5.91. The monoisotopic (exact) mass is 362 g/mol. The molecule has 0 aliphatic carbocycles. The Labute approximate surface area is 152 Å². The molecule has 0 aliphatic heterocycles. The van der Waals surface area contributed by atoms with Gasteiger partial charge in [0, 0.05) is 5.69 Å². The van der Waals surface area contributed by atoms with E-state index in [9.17, 15) is 4.79 Å². The summed E-state index contributed by atoms with van der Waals surface area (Å²) in [7, 11) is 3.85. The largest absolute Gasteiger partial charge is 0.494 e. The third-order valence-electron chi connectivity index (χ3n) is 3.07. The number of thiocarbonyl (C=S) groups is 1. The van der Waals surface area contributed by atoms with E-state index in [-0.39, 0.29) is 10.9 Å². The van der Waals surface area contributed by atoms with Crippen molar-refractivity contribution in [3.05, 3.63) is 47.9 Å². The Morgan fingerprint density at radius 3 is 2.52 bits per heavy atom. The van der Waals surface area contributed by atoms with Gasteiger partial charge in [-0.1, -0.05) is 0 Å². The predicted molar refractivity (Wildman–Crippen MR) is 101 cm³/mol. The van der Waals surface area contributed by atoms with Crippen molar-refractivity contribution in [2.45, 2.75) is 13.5 Å². The number of carbonyl (C=O) groups is 1. The smallest absolute Gasteiger partial charge is 0.305 e. The Hall–Kier alpha value is -2.58. The average Bonchev–Trinajstić information content (AvgIpc) is 3.02. The van der Waals surface area contributed by atoms with Crippen LogP contribution in [0.1, 0.15) is 23.2 Å². The molecule has 0 fully saturated rings. The van der Waals surface area contributed by atoms with Crippen LogP contribution >= 0.6 is 12.2 Å². The number of rotatable bonds is 6. The molecule has 7 nitrogen and oxygen atoms in total. The molecule has 1 amide bonds. The fourth-order valence-electron chi connectivity index (χ4n) is 2.04. The molecule has 0 unspecified atom stereocenters. The van der Waals surface area contributed by atoms with E-state index in [1.165, 1.54) is 0 Å². The van der Waals surface area contributed by atoms with Crippen molar-refractivity contribution in [3.8, 4) is 5.75 Å². The lowest BCUT2D eigenvalue weighted by Gasteiger charge is -2.11. The van der Waals surface area contributed by atoms with Gasteiger partial charge in [0.25, 0.3) is 0 Å². The maximum atomic E-state index is 12.0. The zero-order chi connectivity index (χ0) is 18.2. The molecule has 0 saturated carbocycles. The summed E-state index contributed by atoms with van der Waals surface area (Å²) >= 11 is 5.15. The lowest BCUT2D eigenvalue weighted by atomic mass is 10.3. The number of hydrogen-bond acceptors (Lipinski definition) is 5. The van der Waals surface area contributed by atoms with E-state index in [1.807, 2.05) is 50.2 Å². The van der Waals surface area contributed by atoms with Crippen LogP contribution < -0.4 is 20.9 Å². The Balaban J connectivity index is 1.80. The minimum Gasteiger partial charge on any atom is -0.494 e. The minimum atomic E-state index is -0.402. The predicted octanol–water partition coefficient (Wildman–Crippen LogP) is 2.37. The summed E-state index contributed by atoms with van der Waals surface area (Å²) in [6.45, 7) is 3.16. The number of nitrogens with zero attached hydrogens (tertiary/aromatic N) is 1. The van der Waals surface area contributed by atoms with Gasteiger partial charge in [0.2, 0.25) is 0 Å². The summed E-state index contributed by atoms with van der Waals surface area (Å²) in [6.07, 6.45) is 0. The zero-order valence-electron chi connectivity index (χ0n) is 14.5. The Bertz CT molecular complexity index is 713. The number of furan rings is 1. The molecule has 8 heteroatoms. The normalized spacial score (nSPS) is 10.4. The molecule has 1 aromatic carbocycles. The van der Waals surface area contributed by atoms with Gasteiger partial charge in [0.1, 0.15) is 11.5 Å². The summed E-state index contributed by atoms with van der Waals surface area (Å²) < 4.78 is 10.8. The van der Waals surface area contributed by atoms with Crippen LogP contribution in [0.2, 0.25) is 0 Å². The number of anilines is 1. The summed E-state index contributed by atoms with van der Waals surface area (Å²) in [5, 5.41) is 3.22. The molecule has 2 rings (SSSR count). The molecule has 0 aliphatic rings. The van der Waals surface area contributed by atoms with Gasteiger partial charge in [-0.3, -0.25) is 15.6 Å². The molecule has 2 aromatic rings. The number of nitrogens with one attached hydrogen (secondary N) is 3. The number of carbonyl (C=O) groups excluding carboxylic acids is 1. The first-order chi connectivity index (χ1) is 12.0. The lowest BCUT2D eigenvalue weighted by molar-refractivity contribution is 0.0913. The van der Waals surface area contributed by atoms with Crippen molar-refractivity contribution >= 4 is 28.9 Å². The number of hydrazine groups is 1. The van der Waals surface area contributed by atoms with Crippen LogP contribution in [0.5, 0.6) is 5.75 Å². The van der Waals surface area contributed by atoms with Crippen LogP contribution in [0.15, 0.2) is 40.8 Å². The van der Waals surface area contributed by atoms with Gasteiger partial charge in [-0.15, -0.1) is 0 Å². The van der Waals surface area contributed by atoms with Crippen molar-refractivity contribution in [2.24, 2.45) is 0 Å². The minimum absolute atomic E-state index is 0.216. The number of amides is 1. The van der Waals surface area contributed by atoms with E-state index in [0.717, 1.165) is 11.4 Å². The van der Waals surface area contributed by atoms with E-state index in [0.29, 0.717) is 18.9 Å². The highest BCUT2D eigenvalue weighted by atomic mass is 32.1. The van der Waals surface area contributed by atoms with Crippen LogP contribution in [0, 0.1) is 0 Å². The summed E-state index contributed by atoms with van der Waals surface area (Å²) in [4.78, 5) is 14.0. The van der Waals surface area contributed by atoms with Crippen molar-refractivity contribution in [2.75, 3.05) is 26.0 Å². The van der Waals surface area contributed by atoms with Gasteiger partial charge in [-0.25, -0.2) is 0 Å². The Kier molecular flexibility index (Phi) is 6.79. The first-order valence-electron chi connectivity index (χ1n) is 7.81. The van der Waals surface area contributed by atoms with Gasteiger partial charge in [0.05, 0.1) is 13.2 Å². The number of ether oxygens (including phenoxy) is 1. The summed E-state index contributed by atoms with van der Waals surface area (Å²) in [6, 6.07) is 10.7.